The summed E-state index contributed by atoms with van der Waals surface area (Å²) in [5, 5.41) is 9.54. The van der Waals surface area contributed by atoms with Gasteiger partial charge < -0.3 is 15.4 Å². The van der Waals surface area contributed by atoms with Gasteiger partial charge in [0.05, 0.1) is 15.8 Å². The van der Waals surface area contributed by atoms with Crippen LogP contribution in [0.25, 0.3) is 0 Å². The molecule has 0 spiro atoms. The molecule has 3 aromatic rings. The Morgan fingerprint density at radius 1 is 1.09 bits per heavy atom. The number of halogens is 2. The normalized spacial score (nSPS) is 14.6. The summed E-state index contributed by atoms with van der Waals surface area (Å²) in [7, 11) is 0. The van der Waals surface area contributed by atoms with Gasteiger partial charge in [0.1, 0.15) is 12.4 Å². The van der Waals surface area contributed by atoms with Crippen molar-refractivity contribution in [2.24, 2.45) is 0 Å². The first-order valence-electron chi connectivity index (χ1n) is 10.7. The van der Waals surface area contributed by atoms with Gasteiger partial charge >= 0.3 is 0 Å². The first-order valence-corrected chi connectivity index (χ1v) is 12.7. The lowest BCUT2D eigenvalue weighted by Gasteiger charge is -2.20. The molecule has 0 radical (unpaired) electrons. The van der Waals surface area contributed by atoms with E-state index < -0.39 is 0 Å². The number of nitrogens with zero attached hydrogens (tertiary/aromatic N) is 5. The van der Waals surface area contributed by atoms with Crippen LogP contribution >= 0.6 is 35.1 Å². The predicted molar refractivity (Wildman–Crippen MR) is 139 cm³/mol. The second kappa shape index (κ2) is 11.2. The fourth-order valence-corrected chi connectivity index (χ4v) is 4.67. The molecule has 4 rings (SSSR count). The lowest BCUT2D eigenvalue weighted by atomic mass is 10.0. The van der Waals surface area contributed by atoms with Crippen molar-refractivity contribution in [1.29, 1.82) is 5.41 Å². The van der Waals surface area contributed by atoms with E-state index in [0.29, 0.717) is 44.1 Å². The molecule has 178 valence electrons. The Labute approximate surface area is 213 Å². The average molecular weight is 518 g/mol. The minimum Gasteiger partial charge on any atom is -0.489 e. The fourth-order valence-electron chi connectivity index (χ4n) is 3.62. The summed E-state index contributed by atoms with van der Waals surface area (Å²) in [6, 6.07) is 5.17. The molecule has 1 aliphatic rings. The molecule has 1 fully saturated rings. The molecule has 1 saturated heterocycles. The number of nitrogens with one attached hydrogen (secondary N) is 1. The minimum atomic E-state index is 0.165. The summed E-state index contributed by atoms with van der Waals surface area (Å²) in [5.41, 5.74) is 8.61. The summed E-state index contributed by atoms with van der Waals surface area (Å²) >= 11 is 14.1. The Balaban J connectivity index is 1.47. The van der Waals surface area contributed by atoms with E-state index in [4.69, 9.17) is 39.1 Å². The lowest BCUT2D eigenvalue weighted by molar-refractivity contribution is 0.306. The van der Waals surface area contributed by atoms with Gasteiger partial charge in [-0.25, -0.2) is 14.3 Å². The zero-order chi connectivity index (χ0) is 24.1. The number of nitrogens with two attached hydrogens (primary N) is 1. The van der Waals surface area contributed by atoms with E-state index in [1.807, 2.05) is 0 Å². The molecule has 1 aromatic carbocycles. The average Bonchev–Trinajstić information content (AvgIpc) is 3.10. The Hall–Kier alpha value is -2.59. The maximum atomic E-state index is 8.68. The molecule has 11 heteroatoms. The highest BCUT2D eigenvalue weighted by atomic mass is 35.5. The number of aromatic nitrogens is 3. The summed E-state index contributed by atoms with van der Waals surface area (Å²) < 4.78 is 8.22. The van der Waals surface area contributed by atoms with Crippen LogP contribution in [-0.4, -0.2) is 57.4 Å². The van der Waals surface area contributed by atoms with E-state index in [9.17, 15) is 0 Å². The van der Waals surface area contributed by atoms with E-state index >= 15 is 0 Å². The zero-order valence-corrected chi connectivity index (χ0v) is 21.0. The van der Waals surface area contributed by atoms with Gasteiger partial charge in [0.15, 0.2) is 0 Å². The fraction of sp³-hybridized carbons (Fsp3) is 0.304. The number of ether oxygens (including phenoxy) is 1. The highest BCUT2D eigenvalue weighted by Crippen LogP contribution is 2.27. The Morgan fingerprint density at radius 3 is 2.53 bits per heavy atom. The zero-order valence-electron chi connectivity index (χ0n) is 18.7. The third-order valence-corrected chi connectivity index (χ3v) is 7.09. The van der Waals surface area contributed by atoms with Gasteiger partial charge in [0.2, 0.25) is 5.95 Å². The van der Waals surface area contributed by atoms with Crippen molar-refractivity contribution in [2.75, 3.05) is 43.1 Å². The molecular formula is C23H25Cl2N7OS. The molecule has 34 heavy (non-hydrogen) atoms. The van der Waals surface area contributed by atoms with Gasteiger partial charge in [-0.15, -0.1) is 0 Å². The van der Waals surface area contributed by atoms with Crippen molar-refractivity contribution in [3.05, 3.63) is 69.7 Å². The van der Waals surface area contributed by atoms with Crippen molar-refractivity contribution >= 4 is 52.5 Å². The quantitative estimate of drug-likeness (QED) is 0.267. The van der Waals surface area contributed by atoms with Crippen molar-refractivity contribution in [1.82, 2.24) is 19.3 Å². The van der Waals surface area contributed by atoms with Gasteiger partial charge in [0, 0.05) is 73.3 Å². The van der Waals surface area contributed by atoms with Gasteiger partial charge in [-0.3, -0.25) is 10.4 Å². The minimum absolute atomic E-state index is 0.165. The molecule has 8 nitrogen and oxygen atoms in total. The van der Waals surface area contributed by atoms with Crippen LogP contribution in [0, 0.1) is 5.41 Å². The van der Waals surface area contributed by atoms with Crippen LogP contribution in [0.5, 0.6) is 5.75 Å². The van der Waals surface area contributed by atoms with Crippen LogP contribution < -0.4 is 15.4 Å². The number of anilines is 2. The molecule has 0 atom stereocenters. The van der Waals surface area contributed by atoms with Crippen molar-refractivity contribution in [2.45, 2.75) is 13.0 Å². The molecule has 0 bridgehead atoms. The number of hydrogen-bond donors (Lipinski definition) is 2. The standard InChI is InChI=1S/C23H25Cl2N7OS/c1-34-32-6-2-5-31(7-8-32)23-29-10-15(11-30-23)22(27)17-9-16(3-4-21(17)26)33-14-18-19(24)12-28-13-20(18)25/h3-4,9-13,27H,2,5-8,14,26H2,1H3. The summed E-state index contributed by atoms with van der Waals surface area (Å²) in [6.45, 7) is 3.96. The molecule has 0 amide bonds. The molecule has 0 aliphatic carbocycles. The summed E-state index contributed by atoms with van der Waals surface area (Å²) in [4.78, 5) is 15.2. The number of benzene rings is 1. The summed E-state index contributed by atoms with van der Waals surface area (Å²) in [5.74, 6) is 1.22. The van der Waals surface area contributed by atoms with Gasteiger partial charge in [-0.2, -0.15) is 0 Å². The monoisotopic (exact) mass is 517 g/mol. The maximum Gasteiger partial charge on any atom is 0.225 e. The number of hydrogen-bond acceptors (Lipinski definition) is 9. The topological polar surface area (TPSA) is 104 Å². The van der Waals surface area contributed by atoms with E-state index in [2.05, 4.69) is 30.4 Å². The highest BCUT2D eigenvalue weighted by molar-refractivity contribution is 7.96. The smallest absolute Gasteiger partial charge is 0.225 e. The highest BCUT2D eigenvalue weighted by Gasteiger charge is 2.18. The van der Waals surface area contributed by atoms with Crippen LogP contribution in [0.3, 0.4) is 0 Å². The van der Waals surface area contributed by atoms with E-state index in [1.54, 1.807) is 42.5 Å². The van der Waals surface area contributed by atoms with E-state index in [1.165, 1.54) is 12.4 Å². The summed E-state index contributed by atoms with van der Waals surface area (Å²) in [6.07, 6.45) is 9.54. The predicted octanol–water partition coefficient (Wildman–Crippen LogP) is 4.55. The number of rotatable bonds is 7. The third-order valence-electron chi connectivity index (χ3n) is 5.55. The van der Waals surface area contributed by atoms with Crippen LogP contribution in [-0.2, 0) is 6.61 Å². The second-order valence-electron chi connectivity index (χ2n) is 7.72. The third kappa shape index (κ3) is 5.72. The second-order valence-corrected chi connectivity index (χ2v) is 9.41. The molecule has 2 aromatic heterocycles. The van der Waals surface area contributed by atoms with Gasteiger partial charge in [-0.05, 0) is 30.9 Å². The first kappa shape index (κ1) is 24.5. The van der Waals surface area contributed by atoms with E-state index in [0.717, 1.165) is 32.6 Å². The first-order chi connectivity index (χ1) is 16.5. The molecular weight excluding hydrogens is 493 g/mol. The van der Waals surface area contributed by atoms with Gasteiger partial charge in [0.25, 0.3) is 0 Å². The van der Waals surface area contributed by atoms with Crippen molar-refractivity contribution in [3.8, 4) is 5.75 Å². The molecule has 0 saturated carbocycles. The molecule has 0 unspecified atom stereocenters. The van der Waals surface area contributed by atoms with Gasteiger partial charge in [-0.1, -0.05) is 35.1 Å². The Morgan fingerprint density at radius 2 is 1.82 bits per heavy atom. The Bertz CT molecular complexity index is 1140. The van der Waals surface area contributed by atoms with Crippen LogP contribution in [0.2, 0.25) is 10.0 Å². The number of pyridine rings is 1. The van der Waals surface area contributed by atoms with E-state index in [-0.39, 0.29) is 12.3 Å². The molecule has 1 aliphatic heterocycles. The maximum absolute atomic E-state index is 8.68. The Kier molecular flexibility index (Phi) is 8.10. The van der Waals surface area contributed by atoms with Crippen LogP contribution in [0.1, 0.15) is 23.1 Å². The number of nitrogen functional groups attached to an aromatic ring is 1. The van der Waals surface area contributed by atoms with Crippen LogP contribution in [0.4, 0.5) is 11.6 Å². The van der Waals surface area contributed by atoms with Crippen molar-refractivity contribution in [3.63, 3.8) is 0 Å². The van der Waals surface area contributed by atoms with Crippen molar-refractivity contribution < 1.29 is 4.74 Å². The largest absolute Gasteiger partial charge is 0.489 e. The van der Waals surface area contributed by atoms with Crippen LogP contribution in [0.15, 0.2) is 43.0 Å². The molecule has 3 N–H and O–H groups in total. The molecule has 3 heterocycles. The lowest BCUT2D eigenvalue weighted by Crippen LogP contribution is -2.29. The SMILES string of the molecule is CSN1CCCN(c2ncc(C(=N)c3cc(OCc4c(Cl)cncc4Cl)ccc3N)cn2)CC1.